The van der Waals surface area contributed by atoms with Gasteiger partial charge in [0.2, 0.25) is 5.28 Å². The van der Waals surface area contributed by atoms with Crippen LogP contribution in [-0.4, -0.2) is 23.1 Å². The lowest BCUT2D eigenvalue weighted by Gasteiger charge is -2.24. The van der Waals surface area contributed by atoms with E-state index in [-0.39, 0.29) is 0 Å². The highest BCUT2D eigenvalue weighted by Crippen LogP contribution is 2.41. The van der Waals surface area contributed by atoms with Gasteiger partial charge in [-0.1, -0.05) is 20.8 Å². The standard InChI is InChI=1S/C17H24ClN3S/c1-4-8-21(9-5-2)15-14-12-7-6-11(3)10-13(12)22-16(14)20-17(18)19-15/h11H,4-10H2,1-3H3. The summed E-state index contributed by atoms with van der Waals surface area (Å²) >= 11 is 8.04. The second-order valence-electron chi connectivity index (χ2n) is 6.34. The van der Waals surface area contributed by atoms with E-state index in [0.29, 0.717) is 5.28 Å². The van der Waals surface area contributed by atoms with E-state index in [1.807, 2.05) is 11.3 Å². The number of thiophene rings is 1. The zero-order valence-electron chi connectivity index (χ0n) is 13.7. The third kappa shape index (κ3) is 2.95. The summed E-state index contributed by atoms with van der Waals surface area (Å²) in [6.45, 7) is 8.82. The fourth-order valence-corrected chi connectivity index (χ4v) is 4.98. The Balaban J connectivity index is 2.15. The maximum atomic E-state index is 6.22. The van der Waals surface area contributed by atoms with Crippen molar-refractivity contribution in [1.82, 2.24) is 9.97 Å². The molecule has 0 aromatic carbocycles. The lowest BCUT2D eigenvalue weighted by Crippen LogP contribution is -2.26. The maximum absolute atomic E-state index is 6.22. The number of hydrogen-bond acceptors (Lipinski definition) is 4. The van der Waals surface area contributed by atoms with E-state index in [9.17, 15) is 0 Å². The van der Waals surface area contributed by atoms with Crippen molar-refractivity contribution in [2.24, 2.45) is 5.92 Å². The molecule has 1 unspecified atom stereocenters. The molecule has 2 aromatic heterocycles. The Morgan fingerprint density at radius 1 is 1.23 bits per heavy atom. The first kappa shape index (κ1) is 16.0. The van der Waals surface area contributed by atoms with Crippen molar-refractivity contribution in [1.29, 1.82) is 0 Å². The molecule has 0 saturated carbocycles. The molecule has 0 bridgehead atoms. The van der Waals surface area contributed by atoms with Crippen molar-refractivity contribution in [2.75, 3.05) is 18.0 Å². The van der Waals surface area contributed by atoms with Crippen LogP contribution in [0.5, 0.6) is 0 Å². The topological polar surface area (TPSA) is 29.0 Å². The van der Waals surface area contributed by atoms with Crippen molar-refractivity contribution in [3.05, 3.63) is 15.7 Å². The molecule has 1 atom stereocenters. The van der Waals surface area contributed by atoms with Crippen LogP contribution in [0, 0.1) is 5.92 Å². The summed E-state index contributed by atoms with van der Waals surface area (Å²) < 4.78 is 0. The van der Waals surface area contributed by atoms with E-state index < -0.39 is 0 Å². The van der Waals surface area contributed by atoms with Crippen LogP contribution in [0.3, 0.4) is 0 Å². The molecule has 2 aromatic rings. The number of aryl methyl sites for hydroxylation is 1. The SMILES string of the molecule is CCCN(CCC)c1nc(Cl)nc2sc3c(c12)CCC(C)C3. The number of rotatable bonds is 5. The van der Waals surface area contributed by atoms with Gasteiger partial charge in [-0.05, 0) is 55.2 Å². The monoisotopic (exact) mass is 337 g/mol. The molecule has 0 spiro atoms. The average molecular weight is 338 g/mol. The van der Waals surface area contributed by atoms with Gasteiger partial charge in [0.25, 0.3) is 0 Å². The fourth-order valence-electron chi connectivity index (χ4n) is 3.39. The van der Waals surface area contributed by atoms with Crippen molar-refractivity contribution < 1.29 is 0 Å². The molecule has 3 nitrogen and oxygen atoms in total. The number of fused-ring (bicyclic) bond motifs is 3. The molecule has 1 aliphatic carbocycles. The van der Waals surface area contributed by atoms with Crippen LogP contribution in [0.2, 0.25) is 5.28 Å². The molecule has 2 heterocycles. The molecule has 0 aliphatic heterocycles. The second-order valence-corrected chi connectivity index (χ2v) is 7.76. The first-order chi connectivity index (χ1) is 10.6. The molecule has 0 radical (unpaired) electrons. The average Bonchev–Trinajstić information content (AvgIpc) is 2.83. The summed E-state index contributed by atoms with van der Waals surface area (Å²) in [4.78, 5) is 14.1. The molecule has 0 saturated heterocycles. The molecule has 0 amide bonds. The highest BCUT2D eigenvalue weighted by atomic mass is 35.5. The van der Waals surface area contributed by atoms with Crippen LogP contribution in [0.25, 0.3) is 10.2 Å². The summed E-state index contributed by atoms with van der Waals surface area (Å²) in [7, 11) is 0. The lowest BCUT2D eigenvalue weighted by atomic mass is 9.89. The first-order valence-electron chi connectivity index (χ1n) is 8.36. The number of halogens is 1. The summed E-state index contributed by atoms with van der Waals surface area (Å²) in [5.41, 5.74) is 1.49. The minimum atomic E-state index is 0.381. The Morgan fingerprint density at radius 2 is 1.95 bits per heavy atom. The highest BCUT2D eigenvalue weighted by Gasteiger charge is 2.25. The van der Waals surface area contributed by atoms with Gasteiger partial charge in [-0.15, -0.1) is 11.3 Å². The summed E-state index contributed by atoms with van der Waals surface area (Å²) in [6, 6.07) is 0. The van der Waals surface area contributed by atoms with E-state index in [0.717, 1.165) is 48.9 Å². The predicted octanol–water partition coefficient (Wildman–Crippen LogP) is 5.10. The van der Waals surface area contributed by atoms with Crippen LogP contribution >= 0.6 is 22.9 Å². The lowest BCUT2D eigenvalue weighted by molar-refractivity contribution is 0.509. The summed E-state index contributed by atoms with van der Waals surface area (Å²) in [5, 5.41) is 1.66. The molecule has 0 fully saturated rings. The van der Waals surface area contributed by atoms with E-state index in [2.05, 4.69) is 35.6 Å². The minimum absolute atomic E-state index is 0.381. The number of hydrogen-bond donors (Lipinski definition) is 0. The molecule has 22 heavy (non-hydrogen) atoms. The van der Waals surface area contributed by atoms with Gasteiger partial charge in [0, 0.05) is 18.0 Å². The van der Waals surface area contributed by atoms with E-state index in [1.54, 1.807) is 0 Å². The van der Waals surface area contributed by atoms with Crippen LogP contribution < -0.4 is 4.90 Å². The number of anilines is 1. The van der Waals surface area contributed by atoms with E-state index >= 15 is 0 Å². The van der Waals surface area contributed by atoms with Crippen molar-refractivity contribution in [3.8, 4) is 0 Å². The maximum Gasteiger partial charge on any atom is 0.225 e. The Labute approximate surface area is 141 Å². The first-order valence-corrected chi connectivity index (χ1v) is 9.56. The summed E-state index contributed by atoms with van der Waals surface area (Å²) in [6.07, 6.45) is 5.83. The van der Waals surface area contributed by atoms with Crippen LogP contribution in [0.15, 0.2) is 0 Å². The van der Waals surface area contributed by atoms with Gasteiger partial charge in [-0.3, -0.25) is 0 Å². The smallest absolute Gasteiger partial charge is 0.225 e. The second kappa shape index (κ2) is 6.71. The Bertz CT molecular complexity index is 661. The third-order valence-electron chi connectivity index (χ3n) is 4.40. The largest absolute Gasteiger partial charge is 0.356 e. The van der Waals surface area contributed by atoms with Crippen LogP contribution in [0.1, 0.15) is 50.5 Å². The molecule has 1 aliphatic rings. The number of nitrogens with zero attached hydrogens (tertiary/aromatic N) is 3. The molecular weight excluding hydrogens is 314 g/mol. The molecule has 5 heteroatoms. The quantitative estimate of drug-likeness (QED) is 0.711. The highest BCUT2D eigenvalue weighted by molar-refractivity contribution is 7.19. The van der Waals surface area contributed by atoms with Gasteiger partial charge < -0.3 is 4.90 Å². The molecular formula is C17H24ClN3S. The summed E-state index contributed by atoms with van der Waals surface area (Å²) in [5.74, 6) is 1.83. The van der Waals surface area contributed by atoms with Gasteiger partial charge in [0.05, 0.1) is 5.39 Å². The van der Waals surface area contributed by atoms with Crippen molar-refractivity contribution in [2.45, 2.75) is 52.9 Å². The van der Waals surface area contributed by atoms with Crippen molar-refractivity contribution in [3.63, 3.8) is 0 Å². The zero-order valence-corrected chi connectivity index (χ0v) is 15.2. The third-order valence-corrected chi connectivity index (χ3v) is 5.71. The van der Waals surface area contributed by atoms with Gasteiger partial charge >= 0.3 is 0 Å². The Morgan fingerprint density at radius 3 is 2.64 bits per heavy atom. The van der Waals surface area contributed by atoms with Crippen molar-refractivity contribution >= 4 is 39.0 Å². The van der Waals surface area contributed by atoms with Crippen LogP contribution in [0.4, 0.5) is 5.82 Å². The van der Waals surface area contributed by atoms with E-state index in [4.69, 9.17) is 11.6 Å². The zero-order chi connectivity index (χ0) is 15.7. The molecule has 0 N–H and O–H groups in total. The van der Waals surface area contributed by atoms with Gasteiger partial charge in [-0.25, -0.2) is 4.98 Å². The van der Waals surface area contributed by atoms with Gasteiger partial charge in [-0.2, -0.15) is 4.98 Å². The molecule has 120 valence electrons. The minimum Gasteiger partial charge on any atom is -0.356 e. The van der Waals surface area contributed by atoms with Crippen LogP contribution in [-0.2, 0) is 12.8 Å². The molecule has 3 rings (SSSR count). The van der Waals surface area contributed by atoms with E-state index in [1.165, 1.54) is 28.7 Å². The predicted molar refractivity (Wildman–Crippen MR) is 96.4 cm³/mol. The Kier molecular flexibility index (Phi) is 4.88. The normalized spacial score (nSPS) is 17.7. The number of aromatic nitrogens is 2. The Hall–Kier alpha value is -0.870. The van der Waals surface area contributed by atoms with Gasteiger partial charge in [0.15, 0.2) is 0 Å². The van der Waals surface area contributed by atoms with Gasteiger partial charge in [0.1, 0.15) is 10.6 Å². The fraction of sp³-hybridized carbons (Fsp3) is 0.647.